The fourth-order valence-corrected chi connectivity index (χ4v) is 2.28. The molecule has 0 radical (unpaired) electrons. The Morgan fingerprint density at radius 3 is 2.32 bits per heavy atom. The molecule has 8 heteroatoms. The fraction of sp³-hybridized carbons (Fsp3) is 0.429. The standard InChI is InChI=1S/C14H15ClF3NO3/c1-7(20)12(22-8(2)21)6-9-4-10(14(16,17)18)13(19-3)11(15)5-9/h4-5,12,19H,6H2,1-3H3/t12-/m1/s1. The Balaban J connectivity index is 3.23. The Morgan fingerprint density at radius 2 is 1.91 bits per heavy atom. The molecule has 0 aliphatic heterocycles. The Labute approximate surface area is 130 Å². The van der Waals surface area contributed by atoms with Gasteiger partial charge in [-0.25, -0.2) is 0 Å². The molecule has 0 aliphatic carbocycles. The van der Waals surface area contributed by atoms with Crippen LogP contribution in [-0.4, -0.2) is 24.9 Å². The predicted molar refractivity (Wildman–Crippen MR) is 75.9 cm³/mol. The van der Waals surface area contributed by atoms with Crippen LogP contribution in [0.2, 0.25) is 5.02 Å². The van der Waals surface area contributed by atoms with E-state index >= 15 is 0 Å². The van der Waals surface area contributed by atoms with E-state index in [1.807, 2.05) is 0 Å². The molecule has 1 rings (SSSR count). The lowest BCUT2D eigenvalue weighted by Gasteiger charge is -2.18. The molecule has 0 aliphatic rings. The summed E-state index contributed by atoms with van der Waals surface area (Å²) in [7, 11) is 1.33. The van der Waals surface area contributed by atoms with E-state index in [0.29, 0.717) is 0 Å². The fourth-order valence-electron chi connectivity index (χ4n) is 1.94. The van der Waals surface area contributed by atoms with Crippen molar-refractivity contribution in [2.75, 3.05) is 12.4 Å². The molecular formula is C14H15ClF3NO3. The topological polar surface area (TPSA) is 55.4 Å². The lowest BCUT2D eigenvalue weighted by atomic mass is 10.0. The highest BCUT2D eigenvalue weighted by atomic mass is 35.5. The Bertz CT molecular complexity index is 587. The number of nitrogens with one attached hydrogen (secondary N) is 1. The number of ketones is 1. The largest absolute Gasteiger partial charge is 0.454 e. The molecule has 0 saturated heterocycles. The number of carbonyl (C=O) groups excluding carboxylic acids is 2. The highest BCUT2D eigenvalue weighted by Crippen LogP contribution is 2.39. The Hall–Kier alpha value is -1.76. The first kappa shape index (κ1) is 18.3. The number of alkyl halides is 3. The minimum Gasteiger partial charge on any atom is -0.454 e. The Morgan fingerprint density at radius 1 is 1.32 bits per heavy atom. The van der Waals surface area contributed by atoms with Crippen molar-refractivity contribution in [1.29, 1.82) is 0 Å². The van der Waals surface area contributed by atoms with Gasteiger partial charge in [0.15, 0.2) is 11.9 Å². The third kappa shape index (κ3) is 4.62. The van der Waals surface area contributed by atoms with Gasteiger partial charge in [0.05, 0.1) is 16.3 Å². The lowest BCUT2D eigenvalue weighted by Crippen LogP contribution is -2.26. The molecule has 0 unspecified atom stereocenters. The Kier molecular flexibility index (Phi) is 5.82. The lowest BCUT2D eigenvalue weighted by molar-refractivity contribution is -0.152. The van der Waals surface area contributed by atoms with Crippen molar-refractivity contribution in [2.24, 2.45) is 0 Å². The van der Waals surface area contributed by atoms with Crippen LogP contribution < -0.4 is 5.32 Å². The van der Waals surface area contributed by atoms with Gasteiger partial charge in [-0.3, -0.25) is 9.59 Å². The maximum absolute atomic E-state index is 13.1. The minimum atomic E-state index is -4.61. The number of hydrogen-bond donors (Lipinski definition) is 1. The maximum atomic E-state index is 13.1. The molecule has 0 spiro atoms. The van der Waals surface area contributed by atoms with Crippen molar-refractivity contribution in [3.05, 3.63) is 28.3 Å². The second-order valence-electron chi connectivity index (χ2n) is 4.66. The number of esters is 1. The zero-order valence-corrected chi connectivity index (χ0v) is 12.9. The zero-order valence-electron chi connectivity index (χ0n) is 12.2. The highest BCUT2D eigenvalue weighted by molar-refractivity contribution is 6.33. The normalized spacial score (nSPS) is 12.7. The summed E-state index contributed by atoms with van der Waals surface area (Å²) in [4.78, 5) is 22.4. The molecule has 4 nitrogen and oxygen atoms in total. The second-order valence-corrected chi connectivity index (χ2v) is 5.07. The number of hydrogen-bond acceptors (Lipinski definition) is 4. The van der Waals surface area contributed by atoms with Crippen molar-refractivity contribution in [1.82, 2.24) is 0 Å². The summed E-state index contributed by atoms with van der Waals surface area (Å²) in [6.07, 6.45) is -5.93. The first-order chi connectivity index (χ1) is 10.1. The molecule has 0 saturated carbocycles. The summed E-state index contributed by atoms with van der Waals surface area (Å²) in [6.45, 7) is 2.32. The number of halogens is 4. The predicted octanol–water partition coefficient (Wildman–Crippen LogP) is 3.46. The number of rotatable bonds is 5. The third-order valence-corrected chi connectivity index (χ3v) is 3.19. The van der Waals surface area contributed by atoms with Gasteiger partial charge < -0.3 is 10.1 Å². The molecule has 122 valence electrons. The van der Waals surface area contributed by atoms with Crippen LogP contribution in [0.1, 0.15) is 25.0 Å². The molecule has 0 bridgehead atoms. The van der Waals surface area contributed by atoms with Crippen LogP contribution in [-0.2, 0) is 26.9 Å². The monoisotopic (exact) mass is 337 g/mol. The molecule has 0 fully saturated rings. The molecule has 1 N–H and O–H groups in total. The van der Waals surface area contributed by atoms with Gasteiger partial charge in [0, 0.05) is 20.4 Å². The van der Waals surface area contributed by atoms with Crippen LogP contribution in [0.5, 0.6) is 0 Å². The van der Waals surface area contributed by atoms with E-state index in [2.05, 4.69) is 5.32 Å². The highest BCUT2D eigenvalue weighted by Gasteiger charge is 2.35. The van der Waals surface area contributed by atoms with Gasteiger partial charge in [0.2, 0.25) is 0 Å². The average molecular weight is 338 g/mol. The van der Waals surface area contributed by atoms with Gasteiger partial charge in [-0.1, -0.05) is 11.6 Å². The van der Waals surface area contributed by atoms with Crippen molar-refractivity contribution in [3.63, 3.8) is 0 Å². The van der Waals surface area contributed by atoms with E-state index in [1.54, 1.807) is 0 Å². The van der Waals surface area contributed by atoms with E-state index in [9.17, 15) is 22.8 Å². The summed E-state index contributed by atoms with van der Waals surface area (Å²) in [5, 5.41) is 2.27. The first-order valence-electron chi connectivity index (χ1n) is 6.31. The van der Waals surface area contributed by atoms with Crippen LogP contribution >= 0.6 is 11.6 Å². The molecule has 1 atom stereocenters. The SMILES string of the molecule is CNc1c(Cl)cc(C[C@@H](OC(C)=O)C(C)=O)cc1C(F)(F)F. The number of carbonyl (C=O) groups is 2. The number of Topliss-reactive ketones (excluding diaryl/α,β-unsaturated/α-hetero) is 1. The summed E-state index contributed by atoms with van der Waals surface area (Å²) in [5.74, 6) is -1.15. The van der Waals surface area contributed by atoms with Crippen molar-refractivity contribution in [2.45, 2.75) is 32.5 Å². The van der Waals surface area contributed by atoms with Crippen LogP contribution in [0, 0.1) is 0 Å². The van der Waals surface area contributed by atoms with Crippen molar-refractivity contribution < 1.29 is 27.5 Å². The van der Waals surface area contributed by atoms with E-state index < -0.39 is 29.6 Å². The summed E-state index contributed by atoms with van der Waals surface area (Å²) in [5.41, 5.74) is -1.04. The van der Waals surface area contributed by atoms with Crippen molar-refractivity contribution in [3.8, 4) is 0 Å². The summed E-state index contributed by atoms with van der Waals surface area (Å²) < 4.78 is 44.0. The molecule has 22 heavy (non-hydrogen) atoms. The van der Waals surface area contributed by atoms with Gasteiger partial charge >= 0.3 is 12.1 Å². The third-order valence-electron chi connectivity index (χ3n) is 2.89. The maximum Gasteiger partial charge on any atom is 0.418 e. The number of anilines is 1. The molecular weight excluding hydrogens is 323 g/mol. The second kappa shape index (κ2) is 7.00. The smallest absolute Gasteiger partial charge is 0.418 e. The number of benzene rings is 1. The molecule has 0 aromatic heterocycles. The average Bonchev–Trinajstić information content (AvgIpc) is 2.35. The van der Waals surface area contributed by atoms with Gasteiger partial charge in [-0.15, -0.1) is 0 Å². The van der Waals surface area contributed by atoms with Crippen LogP contribution in [0.15, 0.2) is 12.1 Å². The van der Waals surface area contributed by atoms with Gasteiger partial charge in [-0.05, 0) is 24.6 Å². The van der Waals surface area contributed by atoms with E-state index in [0.717, 1.165) is 13.0 Å². The van der Waals surface area contributed by atoms with E-state index in [1.165, 1.54) is 20.0 Å². The van der Waals surface area contributed by atoms with Crippen LogP contribution in [0.25, 0.3) is 0 Å². The zero-order chi connectivity index (χ0) is 17.1. The van der Waals surface area contributed by atoms with Gasteiger partial charge in [0.25, 0.3) is 0 Å². The first-order valence-corrected chi connectivity index (χ1v) is 6.69. The van der Waals surface area contributed by atoms with Crippen molar-refractivity contribution >= 4 is 29.0 Å². The molecule has 1 aromatic carbocycles. The van der Waals surface area contributed by atoms with Gasteiger partial charge in [-0.2, -0.15) is 13.2 Å². The van der Waals surface area contributed by atoms with E-state index in [-0.39, 0.29) is 22.7 Å². The number of ether oxygens (including phenoxy) is 1. The minimum absolute atomic E-state index is 0.127. The summed E-state index contributed by atoms with van der Waals surface area (Å²) >= 11 is 5.85. The van der Waals surface area contributed by atoms with E-state index in [4.69, 9.17) is 16.3 Å². The summed E-state index contributed by atoms with van der Waals surface area (Å²) in [6, 6.07) is 2.19. The van der Waals surface area contributed by atoms with Crippen LogP contribution in [0.4, 0.5) is 18.9 Å². The van der Waals surface area contributed by atoms with Gasteiger partial charge in [0.1, 0.15) is 0 Å². The molecule has 0 heterocycles. The molecule has 1 aromatic rings. The molecule has 0 amide bonds. The van der Waals surface area contributed by atoms with Crippen LogP contribution in [0.3, 0.4) is 0 Å². The quantitative estimate of drug-likeness (QED) is 0.836.